The van der Waals surface area contributed by atoms with Crippen LogP contribution in [0.2, 0.25) is 0 Å². The van der Waals surface area contributed by atoms with Crippen LogP contribution in [0.1, 0.15) is 21.6 Å². The van der Waals surface area contributed by atoms with E-state index in [9.17, 15) is 4.79 Å². The van der Waals surface area contributed by atoms with Gasteiger partial charge in [-0.2, -0.15) is 0 Å². The second kappa shape index (κ2) is 10.1. The first-order chi connectivity index (χ1) is 14.1. The highest BCUT2D eigenvalue weighted by molar-refractivity contribution is 5.92. The Kier molecular flexibility index (Phi) is 7.00. The number of nitrogens with one attached hydrogen (secondary N) is 2. The molecule has 0 saturated heterocycles. The molecule has 0 unspecified atom stereocenters. The van der Waals surface area contributed by atoms with Crippen molar-refractivity contribution < 1.29 is 14.3 Å². The van der Waals surface area contributed by atoms with Crippen LogP contribution in [0.25, 0.3) is 0 Å². The van der Waals surface area contributed by atoms with Crippen molar-refractivity contribution in [1.29, 1.82) is 0 Å². The molecule has 1 amide bonds. The zero-order valence-corrected chi connectivity index (χ0v) is 16.5. The summed E-state index contributed by atoms with van der Waals surface area (Å²) >= 11 is 0. The molecule has 0 spiro atoms. The van der Waals surface area contributed by atoms with Crippen LogP contribution in [-0.4, -0.2) is 36.1 Å². The number of anilines is 1. The molecule has 1 aromatic heterocycles. The highest BCUT2D eigenvalue weighted by atomic mass is 16.5. The molecule has 7 heteroatoms. The third-order valence-corrected chi connectivity index (χ3v) is 4.14. The van der Waals surface area contributed by atoms with Crippen molar-refractivity contribution >= 4 is 11.9 Å². The van der Waals surface area contributed by atoms with E-state index < -0.39 is 0 Å². The van der Waals surface area contributed by atoms with Gasteiger partial charge in [0, 0.05) is 12.7 Å². The predicted molar refractivity (Wildman–Crippen MR) is 111 cm³/mol. The van der Waals surface area contributed by atoms with Gasteiger partial charge in [-0.05, 0) is 42.8 Å². The first-order valence-electron chi connectivity index (χ1n) is 9.31. The van der Waals surface area contributed by atoms with Crippen LogP contribution < -0.4 is 20.1 Å². The van der Waals surface area contributed by atoms with E-state index in [2.05, 4.69) is 26.7 Å². The van der Waals surface area contributed by atoms with Gasteiger partial charge in [-0.15, -0.1) is 0 Å². The maximum Gasteiger partial charge on any atom is 0.270 e. The van der Waals surface area contributed by atoms with Gasteiger partial charge >= 0.3 is 0 Å². The highest BCUT2D eigenvalue weighted by Gasteiger charge is 2.08. The first kappa shape index (κ1) is 20.1. The molecule has 0 radical (unpaired) electrons. The van der Waals surface area contributed by atoms with Crippen molar-refractivity contribution in [2.45, 2.75) is 13.5 Å². The number of hydrogen-bond acceptors (Lipinski definition) is 6. The van der Waals surface area contributed by atoms with Crippen molar-refractivity contribution in [3.8, 4) is 11.5 Å². The van der Waals surface area contributed by atoms with E-state index in [4.69, 9.17) is 9.47 Å². The highest BCUT2D eigenvalue weighted by Crippen LogP contribution is 2.16. The zero-order chi connectivity index (χ0) is 20.5. The summed E-state index contributed by atoms with van der Waals surface area (Å²) in [6.07, 6.45) is 1.56. The monoisotopic (exact) mass is 392 g/mol. The summed E-state index contributed by atoms with van der Waals surface area (Å²) in [5, 5.41) is 5.94. The first-order valence-corrected chi connectivity index (χ1v) is 9.31. The van der Waals surface area contributed by atoms with Crippen LogP contribution in [0.15, 0.2) is 60.8 Å². The van der Waals surface area contributed by atoms with Crippen LogP contribution in [0.5, 0.6) is 11.5 Å². The maximum absolute atomic E-state index is 12.3. The fourth-order valence-corrected chi connectivity index (χ4v) is 2.67. The second-order valence-electron chi connectivity index (χ2n) is 6.39. The SMILES string of the molecule is COc1ccc(OCCNC(=O)c2ccnc(NCc3cccc(C)c3)n2)cc1. The standard InChI is InChI=1S/C22H24N4O3/c1-16-4-3-5-17(14-16)15-25-22-24-11-10-20(26-22)21(27)23-12-13-29-19-8-6-18(28-2)7-9-19/h3-11,14H,12-13,15H2,1-2H3,(H,23,27)(H,24,25,26). The molecule has 0 atom stereocenters. The summed E-state index contributed by atoms with van der Waals surface area (Å²) in [4.78, 5) is 20.8. The van der Waals surface area contributed by atoms with Gasteiger partial charge < -0.3 is 20.1 Å². The minimum atomic E-state index is -0.274. The topological polar surface area (TPSA) is 85.4 Å². The third-order valence-electron chi connectivity index (χ3n) is 4.14. The Balaban J connectivity index is 1.45. The lowest BCUT2D eigenvalue weighted by molar-refractivity contribution is 0.0942. The number of carbonyl (C=O) groups is 1. The second-order valence-corrected chi connectivity index (χ2v) is 6.39. The van der Waals surface area contributed by atoms with Gasteiger partial charge in [0.2, 0.25) is 5.95 Å². The van der Waals surface area contributed by atoms with Crippen LogP contribution in [0.3, 0.4) is 0 Å². The van der Waals surface area contributed by atoms with Crippen LogP contribution in [0, 0.1) is 6.92 Å². The zero-order valence-electron chi connectivity index (χ0n) is 16.5. The minimum absolute atomic E-state index is 0.274. The summed E-state index contributed by atoms with van der Waals surface area (Å²) in [6.45, 7) is 3.34. The molecule has 0 bridgehead atoms. The van der Waals surface area contributed by atoms with Gasteiger partial charge in [0.1, 0.15) is 23.8 Å². The van der Waals surface area contributed by atoms with E-state index in [-0.39, 0.29) is 5.91 Å². The smallest absolute Gasteiger partial charge is 0.270 e. The van der Waals surface area contributed by atoms with Crippen LogP contribution in [0.4, 0.5) is 5.95 Å². The fourth-order valence-electron chi connectivity index (χ4n) is 2.67. The minimum Gasteiger partial charge on any atom is -0.497 e. The Bertz CT molecular complexity index is 945. The molecule has 0 fully saturated rings. The summed E-state index contributed by atoms with van der Waals surface area (Å²) in [6, 6.07) is 17.0. The maximum atomic E-state index is 12.3. The number of hydrogen-bond donors (Lipinski definition) is 2. The number of methoxy groups -OCH3 is 1. The molecule has 2 N–H and O–H groups in total. The van der Waals surface area contributed by atoms with E-state index in [0.717, 1.165) is 11.3 Å². The number of aryl methyl sites for hydroxylation is 1. The van der Waals surface area contributed by atoms with E-state index in [1.54, 1.807) is 19.4 Å². The van der Waals surface area contributed by atoms with Crippen molar-refractivity contribution in [3.05, 3.63) is 77.6 Å². The van der Waals surface area contributed by atoms with Gasteiger partial charge in [-0.1, -0.05) is 29.8 Å². The Labute approximate surface area is 170 Å². The summed E-state index contributed by atoms with van der Waals surface area (Å²) < 4.78 is 10.7. The number of benzene rings is 2. The largest absolute Gasteiger partial charge is 0.497 e. The van der Waals surface area contributed by atoms with Crippen molar-refractivity contribution in [3.63, 3.8) is 0 Å². The summed E-state index contributed by atoms with van der Waals surface area (Å²) in [7, 11) is 1.61. The van der Waals surface area contributed by atoms with E-state index in [1.807, 2.05) is 49.4 Å². The van der Waals surface area contributed by atoms with Gasteiger partial charge in [0.15, 0.2) is 0 Å². The van der Waals surface area contributed by atoms with Gasteiger partial charge in [-0.25, -0.2) is 9.97 Å². The Hall–Kier alpha value is -3.61. The molecule has 7 nitrogen and oxygen atoms in total. The molecule has 2 aromatic carbocycles. The Morgan fingerprint density at radius 2 is 1.86 bits per heavy atom. The van der Waals surface area contributed by atoms with Crippen molar-refractivity contribution in [1.82, 2.24) is 15.3 Å². The molecular formula is C22H24N4O3. The number of aromatic nitrogens is 2. The Morgan fingerprint density at radius 3 is 2.62 bits per heavy atom. The van der Waals surface area contributed by atoms with E-state index in [0.29, 0.717) is 37.1 Å². The normalized spacial score (nSPS) is 10.3. The van der Waals surface area contributed by atoms with Crippen LogP contribution in [-0.2, 0) is 6.54 Å². The summed E-state index contributed by atoms with van der Waals surface area (Å²) in [5.74, 6) is 1.61. The van der Waals surface area contributed by atoms with E-state index >= 15 is 0 Å². The average Bonchev–Trinajstić information content (AvgIpc) is 2.76. The number of ether oxygens (including phenoxy) is 2. The van der Waals surface area contributed by atoms with Gasteiger partial charge in [-0.3, -0.25) is 4.79 Å². The third kappa shape index (κ3) is 6.21. The molecule has 1 heterocycles. The fraction of sp³-hybridized carbons (Fsp3) is 0.227. The molecule has 3 rings (SSSR count). The molecule has 3 aromatic rings. The molecule has 0 aliphatic heterocycles. The number of amides is 1. The molecule has 0 saturated carbocycles. The lowest BCUT2D eigenvalue weighted by Gasteiger charge is -2.09. The van der Waals surface area contributed by atoms with Gasteiger partial charge in [0.25, 0.3) is 5.91 Å². The average molecular weight is 392 g/mol. The van der Waals surface area contributed by atoms with Crippen molar-refractivity contribution in [2.24, 2.45) is 0 Å². The number of rotatable bonds is 9. The van der Waals surface area contributed by atoms with E-state index in [1.165, 1.54) is 5.56 Å². The summed E-state index contributed by atoms with van der Waals surface area (Å²) in [5.41, 5.74) is 2.62. The Morgan fingerprint density at radius 1 is 1.07 bits per heavy atom. The molecule has 0 aliphatic carbocycles. The molecule has 29 heavy (non-hydrogen) atoms. The lowest BCUT2D eigenvalue weighted by atomic mass is 10.1. The van der Waals surface area contributed by atoms with Crippen LogP contribution >= 0.6 is 0 Å². The quantitative estimate of drug-likeness (QED) is 0.544. The molecule has 150 valence electrons. The van der Waals surface area contributed by atoms with Gasteiger partial charge in [0.05, 0.1) is 13.7 Å². The molecular weight excluding hydrogens is 368 g/mol. The number of carbonyl (C=O) groups excluding carboxylic acids is 1. The molecule has 0 aliphatic rings. The predicted octanol–water partition coefficient (Wildman–Crippen LogP) is 3.21. The van der Waals surface area contributed by atoms with Crippen molar-refractivity contribution in [2.75, 3.05) is 25.6 Å². The number of nitrogens with zero attached hydrogens (tertiary/aromatic N) is 2. The lowest BCUT2D eigenvalue weighted by Crippen LogP contribution is -2.29.